The van der Waals surface area contributed by atoms with Gasteiger partial charge in [0.15, 0.2) is 0 Å². The molecule has 11 nitrogen and oxygen atoms in total. The van der Waals surface area contributed by atoms with E-state index in [0.29, 0.717) is 35.9 Å². The number of benzene rings is 2. The summed E-state index contributed by atoms with van der Waals surface area (Å²) in [6.07, 6.45) is 12.7. The zero-order valence-electron chi connectivity index (χ0n) is 35.1. The molecule has 0 radical (unpaired) electrons. The molecule has 2 aromatic carbocycles. The molecule has 0 unspecified atom stereocenters. The predicted octanol–water partition coefficient (Wildman–Crippen LogP) is 8.52. The van der Waals surface area contributed by atoms with Gasteiger partial charge in [-0.15, -0.1) is 24.8 Å². The predicted molar refractivity (Wildman–Crippen MR) is 246 cm³/mol. The Morgan fingerprint density at radius 2 is 1.21 bits per heavy atom. The van der Waals surface area contributed by atoms with Gasteiger partial charge in [-0.1, -0.05) is 23.2 Å². The van der Waals surface area contributed by atoms with Crippen LogP contribution in [0, 0.1) is 51.6 Å². The Morgan fingerprint density at radius 3 is 1.72 bits per heavy atom. The highest BCUT2D eigenvalue weighted by Gasteiger charge is 2.26. The Labute approximate surface area is 384 Å². The molecule has 2 aliphatic heterocycles. The maximum Gasteiger partial charge on any atom is 0.234 e. The Bertz CT molecular complexity index is 1790. The second-order valence-electron chi connectivity index (χ2n) is 16.5. The van der Waals surface area contributed by atoms with Gasteiger partial charge in [0.25, 0.3) is 0 Å². The van der Waals surface area contributed by atoms with Crippen molar-refractivity contribution < 1.29 is 14.0 Å². The molecule has 6 rings (SSSR count). The van der Waals surface area contributed by atoms with Crippen LogP contribution in [0.4, 0.5) is 15.8 Å². The standard InChI is InChI=1S/C23H32ClFN4O.C22H28ClN5O.2ClH/c24-21-17-20(8-9-22(21)25)29-15-13-28(14-16-29)12-10-18-4-6-19(7-5-18)27-23(30)3-1-2-11-26;23-20-6-3-18(16-25)15-21(20)28-13-11-27(12-14-28)10-8-17-1-4-19(5-2-17)26-22(29)7-9-24;;/h8-9,17-19H,1-7,10,12-16H2,(H,27,30);3,6,15,17,19H,1-2,4-5,7-8,10-14H2,(H,26,29);2*1H. The number of carbonyl (C=O) groups excluding carboxylic acids is 2. The van der Waals surface area contributed by atoms with Crippen LogP contribution in [0.25, 0.3) is 0 Å². The highest BCUT2D eigenvalue weighted by Crippen LogP contribution is 2.31. The van der Waals surface area contributed by atoms with E-state index in [1.165, 1.54) is 31.7 Å². The quantitative estimate of drug-likeness (QED) is 0.179. The number of nitrogens with zero attached hydrogens (tertiary/aromatic N) is 7. The highest BCUT2D eigenvalue weighted by molar-refractivity contribution is 6.33. The maximum absolute atomic E-state index is 13.4. The number of unbranched alkanes of at least 4 members (excludes halogenated alkanes) is 1. The molecule has 0 bridgehead atoms. The van der Waals surface area contributed by atoms with Crippen molar-refractivity contribution in [3.63, 3.8) is 0 Å². The normalized spacial score (nSPS) is 21.8. The number of hydrogen-bond donors (Lipinski definition) is 2. The summed E-state index contributed by atoms with van der Waals surface area (Å²) in [7, 11) is 0. The lowest BCUT2D eigenvalue weighted by Gasteiger charge is -2.37. The molecule has 16 heteroatoms. The van der Waals surface area contributed by atoms with Crippen molar-refractivity contribution >= 4 is 71.2 Å². The first-order valence-corrected chi connectivity index (χ1v) is 22.3. The molecule has 0 aromatic heterocycles. The summed E-state index contributed by atoms with van der Waals surface area (Å²) in [6.45, 7) is 9.99. The van der Waals surface area contributed by atoms with Gasteiger partial charge < -0.3 is 20.4 Å². The van der Waals surface area contributed by atoms with E-state index in [0.717, 1.165) is 127 Å². The molecule has 0 atom stereocenters. The molecule has 4 fully saturated rings. The third kappa shape index (κ3) is 17.3. The summed E-state index contributed by atoms with van der Waals surface area (Å²) in [5.41, 5.74) is 2.60. The Morgan fingerprint density at radius 1 is 0.672 bits per heavy atom. The van der Waals surface area contributed by atoms with E-state index >= 15 is 0 Å². The summed E-state index contributed by atoms with van der Waals surface area (Å²) in [5, 5.41) is 33.2. The average Bonchev–Trinajstić information content (AvgIpc) is 3.25. The molecule has 2 saturated carbocycles. The third-order valence-corrected chi connectivity index (χ3v) is 13.1. The molecule has 2 amide bonds. The fraction of sp³-hybridized carbons (Fsp3) is 0.622. The van der Waals surface area contributed by atoms with E-state index in [1.807, 2.05) is 12.1 Å². The van der Waals surface area contributed by atoms with Crippen molar-refractivity contribution in [3.8, 4) is 18.2 Å². The number of nitriles is 3. The van der Waals surface area contributed by atoms with Crippen molar-refractivity contribution in [2.24, 2.45) is 11.8 Å². The number of hydrogen-bond acceptors (Lipinski definition) is 9. The highest BCUT2D eigenvalue weighted by atomic mass is 35.5. The van der Waals surface area contributed by atoms with E-state index in [9.17, 15) is 14.0 Å². The molecule has 2 heterocycles. The van der Waals surface area contributed by atoms with Crippen molar-refractivity contribution in [3.05, 3.63) is 57.8 Å². The van der Waals surface area contributed by atoms with E-state index in [1.54, 1.807) is 24.3 Å². The molecular weight excluding hydrogens is 859 g/mol. The van der Waals surface area contributed by atoms with Gasteiger partial charge in [0, 0.05) is 83.0 Å². The van der Waals surface area contributed by atoms with Gasteiger partial charge >= 0.3 is 0 Å². The van der Waals surface area contributed by atoms with Crippen LogP contribution in [0.2, 0.25) is 10.0 Å². The summed E-state index contributed by atoms with van der Waals surface area (Å²) < 4.78 is 13.4. The zero-order chi connectivity index (χ0) is 42.0. The largest absolute Gasteiger partial charge is 0.369 e. The zero-order valence-corrected chi connectivity index (χ0v) is 38.3. The molecule has 2 aromatic rings. The van der Waals surface area contributed by atoms with Crippen molar-refractivity contribution in [2.75, 3.05) is 75.2 Å². The van der Waals surface area contributed by atoms with Crippen molar-refractivity contribution in [1.29, 1.82) is 15.8 Å². The van der Waals surface area contributed by atoms with Gasteiger partial charge in [-0.25, -0.2) is 4.39 Å². The number of halogens is 5. The molecule has 61 heavy (non-hydrogen) atoms. The minimum atomic E-state index is -0.368. The molecular formula is C45H62Cl4FN9O2. The number of amides is 2. The average molecular weight is 922 g/mol. The second kappa shape index (κ2) is 27.5. The van der Waals surface area contributed by atoms with E-state index < -0.39 is 0 Å². The first kappa shape index (κ1) is 51.8. The van der Waals surface area contributed by atoms with Gasteiger partial charge in [0.2, 0.25) is 11.8 Å². The number of rotatable bonds is 14. The first-order chi connectivity index (χ1) is 28.6. The Kier molecular flexibility index (Phi) is 23.4. The lowest BCUT2D eigenvalue weighted by Crippen LogP contribution is -2.47. The molecule has 2 N–H and O–H groups in total. The van der Waals surface area contributed by atoms with Crippen LogP contribution in [0.1, 0.15) is 95.5 Å². The smallest absolute Gasteiger partial charge is 0.234 e. The molecule has 0 spiro atoms. The van der Waals surface area contributed by atoms with Crippen LogP contribution in [0.15, 0.2) is 36.4 Å². The van der Waals surface area contributed by atoms with E-state index in [-0.39, 0.29) is 59.9 Å². The number of anilines is 2. The Balaban J connectivity index is 0.000000315. The van der Waals surface area contributed by atoms with Crippen molar-refractivity contribution in [2.45, 2.75) is 102 Å². The molecule has 334 valence electrons. The van der Waals surface area contributed by atoms with Crippen LogP contribution < -0.4 is 20.4 Å². The fourth-order valence-electron chi connectivity index (χ4n) is 8.85. The first-order valence-electron chi connectivity index (χ1n) is 21.6. The Hall–Kier alpha value is -3.54. The molecule has 2 aliphatic carbocycles. The summed E-state index contributed by atoms with van der Waals surface area (Å²) >= 11 is 12.3. The lowest BCUT2D eigenvalue weighted by molar-refractivity contribution is -0.122. The van der Waals surface area contributed by atoms with Crippen molar-refractivity contribution in [1.82, 2.24) is 20.4 Å². The van der Waals surface area contributed by atoms with Crippen LogP contribution in [-0.2, 0) is 9.59 Å². The number of piperazine rings is 2. The van der Waals surface area contributed by atoms with Crippen LogP contribution in [-0.4, -0.2) is 99.1 Å². The topological polar surface area (TPSA) is 143 Å². The van der Waals surface area contributed by atoms with Gasteiger partial charge in [0.05, 0.1) is 39.5 Å². The van der Waals surface area contributed by atoms with Gasteiger partial charge in [-0.2, -0.15) is 15.8 Å². The van der Waals surface area contributed by atoms with E-state index in [2.05, 4.69) is 42.4 Å². The van der Waals surface area contributed by atoms with Gasteiger partial charge in [0.1, 0.15) is 12.2 Å². The number of carbonyl (C=O) groups is 2. The van der Waals surface area contributed by atoms with Crippen LogP contribution in [0.3, 0.4) is 0 Å². The number of nitrogens with one attached hydrogen (secondary N) is 2. The summed E-state index contributed by atoms with van der Waals surface area (Å²) in [6, 6.07) is 17.1. The van der Waals surface area contributed by atoms with Gasteiger partial charge in [-0.05, 0) is 132 Å². The summed E-state index contributed by atoms with van der Waals surface area (Å²) in [4.78, 5) is 33.0. The minimum absolute atomic E-state index is 0. The third-order valence-electron chi connectivity index (χ3n) is 12.5. The SMILES string of the molecule is Cl.Cl.N#CCC(=O)NC1CCC(CCN2CCN(c3cc(C#N)ccc3Cl)CC2)CC1.N#CCCCC(=O)NC1CCC(CCN2CCN(c3ccc(F)c(Cl)c3)CC2)CC1. The van der Waals surface area contributed by atoms with Crippen LogP contribution in [0.5, 0.6) is 0 Å². The fourth-order valence-corrected chi connectivity index (χ4v) is 9.26. The van der Waals surface area contributed by atoms with Crippen LogP contribution >= 0.6 is 48.0 Å². The van der Waals surface area contributed by atoms with E-state index in [4.69, 9.17) is 39.0 Å². The molecule has 2 saturated heterocycles. The summed E-state index contributed by atoms with van der Waals surface area (Å²) in [5.74, 6) is 1.04. The monoisotopic (exact) mass is 919 g/mol. The van der Waals surface area contributed by atoms with Gasteiger partial charge in [-0.3, -0.25) is 19.4 Å². The lowest BCUT2D eigenvalue weighted by atomic mass is 9.84. The minimum Gasteiger partial charge on any atom is -0.369 e. The maximum atomic E-state index is 13.4. The molecule has 4 aliphatic rings. The second-order valence-corrected chi connectivity index (χ2v) is 17.3.